The number of hydrogen-bond acceptors (Lipinski definition) is 4. The Hall–Kier alpha value is -1.95. The summed E-state index contributed by atoms with van der Waals surface area (Å²) in [6.07, 6.45) is 7.06. The number of pyridine rings is 1. The average molecular weight is 373 g/mol. The summed E-state index contributed by atoms with van der Waals surface area (Å²) in [6, 6.07) is 3.97. The molecule has 2 fully saturated rings. The summed E-state index contributed by atoms with van der Waals surface area (Å²) < 4.78 is 5.39. The number of nitrogens with zero attached hydrogens (tertiary/aromatic N) is 3. The maximum atomic E-state index is 12.9. The molecule has 1 aromatic heterocycles. The maximum Gasteiger partial charge on any atom is 0.225 e. The fraction of sp³-hybridized carbons (Fsp3) is 0.667. The van der Waals surface area contributed by atoms with E-state index in [-0.39, 0.29) is 29.7 Å². The molecule has 1 atom stereocenters. The fourth-order valence-electron chi connectivity index (χ4n) is 4.02. The van der Waals surface area contributed by atoms with Crippen molar-refractivity contribution in [2.45, 2.75) is 52.1 Å². The van der Waals surface area contributed by atoms with Gasteiger partial charge in [-0.15, -0.1) is 0 Å². The molecule has 0 bridgehead atoms. The zero-order chi connectivity index (χ0) is 19.2. The van der Waals surface area contributed by atoms with Crippen molar-refractivity contribution in [2.75, 3.05) is 26.3 Å². The van der Waals surface area contributed by atoms with Gasteiger partial charge in [-0.25, -0.2) is 0 Å². The van der Waals surface area contributed by atoms with Gasteiger partial charge in [0.2, 0.25) is 11.8 Å². The Morgan fingerprint density at radius 2 is 2.07 bits per heavy atom. The smallest absolute Gasteiger partial charge is 0.225 e. The molecular weight excluding hydrogens is 342 g/mol. The van der Waals surface area contributed by atoms with Crippen molar-refractivity contribution in [1.82, 2.24) is 14.8 Å². The van der Waals surface area contributed by atoms with Gasteiger partial charge in [0.25, 0.3) is 0 Å². The van der Waals surface area contributed by atoms with Crippen LogP contribution >= 0.6 is 0 Å². The highest BCUT2D eigenvalue weighted by Crippen LogP contribution is 2.24. The Kier molecular flexibility index (Phi) is 6.83. The highest BCUT2D eigenvalue weighted by Gasteiger charge is 2.34. The van der Waals surface area contributed by atoms with E-state index >= 15 is 0 Å². The SMILES string of the molecule is CC(C)C(=O)N(Cc1cccnc1)C1CCCN(C(=O)C2CCOCC2)C1. The molecular formula is C21H31N3O3. The largest absolute Gasteiger partial charge is 0.381 e. The van der Waals surface area contributed by atoms with Crippen molar-refractivity contribution in [3.8, 4) is 0 Å². The summed E-state index contributed by atoms with van der Waals surface area (Å²) in [6.45, 7) is 7.20. The molecule has 0 spiro atoms. The molecule has 6 heteroatoms. The second-order valence-corrected chi connectivity index (χ2v) is 7.95. The lowest BCUT2D eigenvalue weighted by Gasteiger charge is -2.41. The Bertz CT molecular complexity index is 629. The minimum absolute atomic E-state index is 0.0664. The first-order valence-electron chi connectivity index (χ1n) is 10.1. The number of piperidine rings is 1. The van der Waals surface area contributed by atoms with Gasteiger partial charge in [-0.05, 0) is 37.3 Å². The summed E-state index contributed by atoms with van der Waals surface area (Å²) in [4.78, 5) is 34.0. The fourth-order valence-corrected chi connectivity index (χ4v) is 4.02. The molecule has 1 aromatic rings. The van der Waals surface area contributed by atoms with Crippen LogP contribution in [0, 0.1) is 11.8 Å². The highest BCUT2D eigenvalue weighted by molar-refractivity contribution is 5.80. The quantitative estimate of drug-likeness (QED) is 0.795. The van der Waals surface area contributed by atoms with Crippen LogP contribution in [-0.4, -0.2) is 58.9 Å². The molecule has 1 unspecified atom stereocenters. The predicted octanol–water partition coefficient (Wildman–Crippen LogP) is 2.48. The van der Waals surface area contributed by atoms with Crippen molar-refractivity contribution in [3.05, 3.63) is 30.1 Å². The van der Waals surface area contributed by atoms with Gasteiger partial charge in [-0.3, -0.25) is 14.6 Å². The van der Waals surface area contributed by atoms with Crippen molar-refractivity contribution in [3.63, 3.8) is 0 Å². The first-order chi connectivity index (χ1) is 13.1. The summed E-state index contributed by atoms with van der Waals surface area (Å²) >= 11 is 0. The second-order valence-electron chi connectivity index (χ2n) is 7.95. The number of aromatic nitrogens is 1. The molecule has 27 heavy (non-hydrogen) atoms. The maximum absolute atomic E-state index is 12.9. The van der Waals surface area contributed by atoms with Crippen LogP contribution in [0.1, 0.15) is 45.1 Å². The third-order valence-corrected chi connectivity index (χ3v) is 5.57. The van der Waals surface area contributed by atoms with Crippen LogP contribution in [0.3, 0.4) is 0 Å². The highest BCUT2D eigenvalue weighted by atomic mass is 16.5. The number of carbonyl (C=O) groups excluding carboxylic acids is 2. The van der Waals surface area contributed by atoms with Gasteiger partial charge >= 0.3 is 0 Å². The summed E-state index contributed by atoms with van der Waals surface area (Å²) in [5.74, 6) is 0.388. The summed E-state index contributed by atoms with van der Waals surface area (Å²) in [7, 11) is 0. The van der Waals surface area contributed by atoms with E-state index < -0.39 is 0 Å². The molecule has 0 aliphatic carbocycles. The van der Waals surface area contributed by atoms with Gasteiger partial charge < -0.3 is 14.5 Å². The minimum atomic E-state index is -0.0664. The Morgan fingerprint density at radius 3 is 2.74 bits per heavy atom. The molecule has 2 saturated heterocycles. The number of ether oxygens (including phenoxy) is 1. The molecule has 0 aromatic carbocycles. The van der Waals surface area contributed by atoms with Gasteiger partial charge in [0.15, 0.2) is 0 Å². The van der Waals surface area contributed by atoms with Crippen molar-refractivity contribution < 1.29 is 14.3 Å². The second kappa shape index (κ2) is 9.31. The van der Waals surface area contributed by atoms with Gasteiger partial charge in [0, 0.05) is 63.1 Å². The molecule has 2 amide bonds. The lowest BCUT2D eigenvalue weighted by atomic mass is 9.95. The van der Waals surface area contributed by atoms with E-state index in [2.05, 4.69) is 4.98 Å². The molecule has 148 valence electrons. The third-order valence-electron chi connectivity index (χ3n) is 5.57. The molecule has 0 N–H and O–H groups in total. The zero-order valence-corrected chi connectivity index (χ0v) is 16.5. The number of likely N-dealkylation sites (tertiary alicyclic amines) is 1. The number of carbonyl (C=O) groups is 2. The third kappa shape index (κ3) is 5.06. The van der Waals surface area contributed by atoms with Crippen LogP contribution < -0.4 is 0 Å². The zero-order valence-electron chi connectivity index (χ0n) is 16.5. The average Bonchev–Trinajstić information content (AvgIpc) is 2.72. The normalized spacial score (nSPS) is 21.3. The van der Waals surface area contributed by atoms with Gasteiger partial charge in [-0.1, -0.05) is 19.9 Å². The van der Waals surface area contributed by atoms with Crippen molar-refractivity contribution >= 4 is 11.8 Å². The van der Waals surface area contributed by atoms with Crippen molar-refractivity contribution in [1.29, 1.82) is 0 Å². The number of amides is 2. The van der Waals surface area contributed by atoms with E-state index in [9.17, 15) is 9.59 Å². The van der Waals surface area contributed by atoms with Crippen LogP contribution in [0.15, 0.2) is 24.5 Å². The molecule has 0 radical (unpaired) electrons. The van der Waals surface area contributed by atoms with E-state index in [4.69, 9.17) is 4.74 Å². The van der Waals surface area contributed by atoms with Gasteiger partial charge in [-0.2, -0.15) is 0 Å². The number of hydrogen-bond donors (Lipinski definition) is 0. The van der Waals surface area contributed by atoms with E-state index in [1.165, 1.54) is 0 Å². The molecule has 2 aliphatic rings. The topological polar surface area (TPSA) is 62.7 Å². The van der Waals surface area contributed by atoms with Crippen LogP contribution in [-0.2, 0) is 20.9 Å². The Balaban J connectivity index is 1.71. The van der Waals surface area contributed by atoms with Crippen LogP contribution in [0.4, 0.5) is 0 Å². The molecule has 6 nitrogen and oxygen atoms in total. The van der Waals surface area contributed by atoms with Crippen molar-refractivity contribution in [2.24, 2.45) is 11.8 Å². The molecule has 2 aliphatic heterocycles. The standard InChI is InChI=1S/C21H31N3O3/c1-16(2)20(25)24(14-17-5-3-9-22-13-17)19-6-4-10-23(15-19)21(26)18-7-11-27-12-8-18/h3,5,9,13,16,18-19H,4,6-8,10-12,14-15H2,1-2H3. The summed E-state index contributed by atoms with van der Waals surface area (Å²) in [5, 5.41) is 0. The van der Waals surface area contributed by atoms with Crippen LogP contribution in [0.2, 0.25) is 0 Å². The van der Waals surface area contributed by atoms with Crippen LogP contribution in [0.25, 0.3) is 0 Å². The summed E-state index contributed by atoms with van der Waals surface area (Å²) in [5.41, 5.74) is 1.03. The van der Waals surface area contributed by atoms with Crippen LogP contribution in [0.5, 0.6) is 0 Å². The first-order valence-corrected chi connectivity index (χ1v) is 10.1. The van der Waals surface area contributed by atoms with Gasteiger partial charge in [0.1, 0.15) is 0 Å². The van der Waals surface area contributed by atoms with E-state index in [1.807, 2.05) is 42.0 Å². The lowest BCUT2D eigenvalue weighted by molar-refractivity contribution is -0.145. The van der Waals surface area contributed by atoms with Gasteiger partial charge in [0.05, 0.1) is 0 Å². The number of rotatable bonds is 5. The Morgan fingerprint density at radius 1 is 1.30 bits per heavy atom. The molecule has 0 saturated carbocycles. The van der Waals surface area contributed by atoms with E-state index in [0.29, 0.717) is 26.3 Å². The van der Waals surface area contributed by atoms with E-state index in [0.717, 1.165) is 37.8 Å². The monoisotopic (exact) mass is 373 g/mol. The molecule has 3 rings (SSSR count). The van der Waals surface area contributed by atoms with E-state index in [1.54, 1.807) is 6.20 Å². The Labute approximate surface area is 161 Å². The minimum Gasteiger partial charge on any atom is -0.381 e. The molecule has 3 heterocycles. The lowest BCUT2D eigenvalue weighted by Crippen LogP contribution is -2.53. The predicted molar refractivity (Wildman–Crippen MR) is 103 cm³/mol. The first kappa shape index (κ1) is 19.8.